The first-order valence-corrected chi connectivity index (χ1v) is 17.3. The Morgan fingerprint density at radius 2 is 1.60 bits per heavy atom. The van der Waals surface area contributed by atoms with E-state index in [0.717, 1.165) is 29.2 Å². The maximum atomic E-state index is 14.3. The lowest BCUT2D eigenvalue weighted by molar-refractivity contribution is -0.125. The predicted octanol–water partition coefficient (Wildman–Crippen LogP) is 4.21. The van der Waals surface area contributed by atoms with Crippen LogP contribution >= 0.6 is 0 Å². The molecule has 0 heterocycles. The number of nitrogens with zero attached hydrogens (tertiary/aromatic N) is 1. The molecule has 9 nitrogen and oxygen atoms in total. The lowest BCUT2D eigenvalue weighted by atomic mass is 9.88. The van der Waals surface area contributed by atoms with Crippen molar-refractivity contribution in [3.8, 4) is 0 Å². The number of amides is 2. The number of rotatable bonds is 17. The van der Waals surface area contributed by atoms with E-state index in [1.54, 1.807) is 18.2 Å². The molecule has 244 valence electrons. The van der Waals surface area contributed by atoms with Gasteiger partial charge in [0.25, 0.3) is 0 Å². The van der Waals surface area contributed by atoms with Gasteiger partial charge in [-0.2, -0.15) is 4.31 Å². The maximum Gasteiger partial charge on any atom is 0.245 e. The van der Waals surface area contributed by atoms with Gasteiger partial charge in [0, 0.05) is 44.9 Å². The van der Waals surface area contributed by atoms with Gasteiger partial charge < -0.3 is 21.1 Å². The highest BCUT2D eigenvalue weighted by Gasteiger charge is 2.43. The molecule has 0 saturated heterocycles. The summed E-state index contributed by atoms with van der Waals surface area (Å²) in [6, 6.07) is 22.3. The van der Waals surface area contributed by atoms with E-state index in [4.69, 9.17) is 0 Å². The fraction of sp³-hybridized carbons (Fsp3) is 0.486. The smallest absolute Gasteiger partial charge is 0.245 e. The first-order chi connectivity index (χ1) is 21.3. The van der Waals surface area contributed by atoms with E-state index in [0.29, 0.717) is 12.6 Å². The van der Waals surface area contributed by atoms with Crippen molar-refractivity contribution < 1.29 is 23.1 Å². The number of sulfonamides is 1. The molecule has 0 aromatic heterocycles. The van der Waals surface area contributed by atoms with Crippen LogP contribution in [-0.2, 0) is 26.0 Å². The van der Waals surface area contributed by atoms with E-state index in [1.165, 1.54) is 4.31 Å². The second-order valence-electron chi connectivity index (χ2n) is 13.5. The molecule has 4 rings (SSSR count). The van der Waals surface area contributed by atoms with Gasteiger partial charge in [-0.1, -0.05) is 88.4 Å². The SMILES string of the molecule is CC(C)CN(C(O)(CCNC(=O)CC(C)(C)CNC(=O)CNC1CC1)Cc1ccccc1)S(=O)(=O)c1ccc2ccccc2c1. The third kappa shape index (κ3) is 10.1. The maximum absolute atomic E-state index is 14.3. The number of hydrogen-bond acceptors (Lipinski definition) is 6. The molecular formula is C35H48N4O5S. The topological polar surface area (TPSA) is 128 Å². The molecule has 1 atom stereocenters. The molecular weight excluding hydrogens is 588 g/mol. The Morgan fingerprint density at radius 1 is 0.933 bits per heavy atom. The highest BCUT2D eigenvalue weighted by Crippen LogP contribution is 2.32. The summed E-state index contributed by atoms with van der Waals surface area (Å²) >= 11 is 0. The average Bonchev–Trinajstić information content (AvgIpc) is 3.82. The Kier molecular flexibility index (Phi) is 11.4. The average molecular weight is 637 g/mol. The monoisotopic (exact) mass is 636 g/mol. The number of carbonyl (C=O) groups is 2. The Balaban J connectivity index is 1.49. The standard InChI is InChI=1S/C35H48N4O5S/c1-26(2)24-39(45(43,44)31-17-14-28-12-8-9-13-29(28)20-31)35(42,21-27-10-6-5-7-11-27)18-19-36-32(40)22-34(3,4)25-38-33(41)23-37-30-15-16-30/h5-14,17,20,26,30,37,42H,15-16,18-19,21-25H2,1-4H3,(H,36,40)(H,38,41). The van der Waals surface area contributed by atoms with Crippen LogP contribution in [0, 0.1) is 11.3 Å². The van der Waals surface area contributed by atoms with Gasteiger partial charge in [0.15, 0.2) is 0 Å². The zero-order valence-corrected chi connectivity index (χ0v) is 27.7. The molecule has 1 aliphatic carbocycles. The van der Waals surface area contributed by atoms with Gasteiger partial charge in [-0.3, -0.25) is 9.59 Å². The van der Waals surface area contributed by atoms with Gasteiger partial charge in [-0.25, -0.2) is 8.42 Å². The summed E-state index contributed by atoms with van der Waals surface area (Å²) in [7, 11) is -4.14. The molecule has 4 N–H and O–H groups in total. The third-order valence-corrected chi connectivity index (χ3v) is 9.93. The van der Waals surface area contributed by atoms with Crippen molar-refractivity contribution in [1.29, 1.82) is 0 Å². The Bertz CT molecular complexity index is 1560. The van der Waals surface area contributed by atoms with Crippen LogP contribution in [0.1, 0.15) is 58.9 Å². The van der Waals surface area contributed by atoms with Gasteiger partial charge in [0.1, 0.15) is 5.72 Å². The van der Waals surface area contributed by atoms with Gasteiger partial charge in [0.05, 0.1) is 11.4 Å². The van der Waals surface area contributed by atoms with Crippen molar-refractivity contribution in [2.75, 3.05) is 26.2 Å². The normalized spacial score (nSPS) is 15.3. The lowest BCUT2D eigenvalue weighted by Gasteiger charge is -2.40. The van der Waals surface area contributed by atoms with Crippen molar-refractivity contribution >= 4 is 32.6 Å². The largest absolute Gasteiger partial charge is 0.374 e. The van der Waals surface area contributed by atoms with E-state index in [2.05, 4.69) is 16.0 Å². The van der Waals surface area contributed by atoms with E-state index >= 15 is 0 Å². The quantitative estimate of drug-likeness (QED) is 0.165. The highest BCUT2D eigenvalue weighted by atomic mass is 32.2. The Morgan fingerprint density at radius 3 is 2.27 bits per heavy atom. The second kappa shape index (κ2) is 14.9. The molecule has 0 bridgehead atoms. The molecule has 45 heavy (non-hydrogen) atoms. The first-order valence-electron chi connectivity index (χ1n) is 15.8. The van der Waals surface area contributed by atoms with Crippen LogP contribution in [0.15, 0.2) is 77.7 Å². The molecule has 3 aromatic rings. The van der Waals surface area contributed by atoms with Gasteiger partial charge in [-0.05, 0) is 52.6 Å². The minimum absolute atomic E-state index is 0.0167. The predicted molar refractivity (Wildman–Crippen MR) is 178 cm³/mol. The number of carbonyl (C=O) groups excluding carboxylic acids is 2. The van der Waals surface area contributed by atoms with Crippen molar-refractivity contribution in [3.63, 3.8) is 0 Å². The molecule has 0 aliphatic heterocycles. The van der Waals surface area contributed by atoms with Gasteiger partial charge in [-0.15, -0.1) is 0 Å². The fourth-order valence-corrected chi connectivity index (χ4v) is 7.26. The molecule has 3 aromatic carbocycles. The van der Waals surface area contributed by atoms with Crippen LogP contribution in [0.25, 0.3) is 10.8 Å². The minimum atomic E-state index is -4.14. The molecule has 1 saturated carbocycles. The second-order valence-corrected chi connectivity index (χ2v) is 15.3. The van der Waals surface area contributed by atoms with Gasteiger partial charge in [0.2, 0.25) is 21.8 Å². The highest BCUT2D eigenvalue weighted by molar-refractivity contribution is 7.89. The van der Waals surface area contributed by atoms with E-state index in [9.17, 15) is 23.1 Å². The summed E-state index contributed by atoms with van der Waals surface area (Å²) in [5.74, 6) is -0.410. The molecule has 2 amide bonds. The van der Waals surface area contributed by atoms with Crippen LogP contribution in [-0.4, -0.2) is 67.6 Å². The van der Waals surface area contributed by atoms with Crippen molar-refractivity contribution in [1.82, 2.24) is 20.3 Å². The van der Waals surface area contributed by atoms with Crippen molar-refractivity contribution in [2.24, 2.45) is 11.3 Å². The van der Waals surface area contributed by atoms with E-state index in [-0.39, 0.29) is 61.5 Å². The Hall–Kier alpha value is -3.31. The molecule has 1 unspecified atom stereocenters. The van der Waals surface area contributed by atoms with E-state index < -0.39 is 21.2 Å². The summed E-state index contributed by atoms with van der Waals surface area (Å²) in [4.78, 5) is 25.3. The first kappa shape index (κ1) is 34.6. The number of aliphatic hydroxyl groups is 1. The lowest BCUT2D eigenvalue weighted by Crippen LogP contribution is -2.55. The summed E-state index contributed by atoms with van der Waals surface area (Å²) < 4.78 is 29.8. The molecule has 0 spiro atoms. The fourth-order valence-electron chi connectivity index (χ4n) is 5.39. The third-order valence-electron chi connectivity index (χ3n) is 8.01. The van der Waals surface area contributed by atoms with Crippen LogP contribution in [0.4, 0.5) is 0 Å². The number of benzene rings is 3. The zero-order chi connectivity index (χ0) is 32.7. The van der Waals surface area contributed by atoms with Crippen LogP contribution < -0.4 is 16.0 Å². The summed E-state index contributed by atoms with van der Waals surface area (Å²) in [6.07, 6.45) is 2.40. The zero-order valence-electron chi connectivity index (χ0n) is 26.9. The van der Waals surface area contributed by atoms with Crippen LogP contribution in [0.5, 0.6) is 0 Å². The van der Waals surface area contributed by atoms with Crippen molar-refractivity contribution in [2.45, 2.75) is 76.5 Å². The summed E-state index contributed by atoms with van der Waals surface area (Å²) in [5, 5.41) is 23.0. The minimum Gasteiger partial charge on any atom is -0.374 e. The summed E-state index contributed by atoms with van der Waals surface area (Å²) in [6.45, 7) is 8.41. The number of fused-ring (bicyclic) bond motifs is 1. The Labute approximate surface area is 267 Å². The van der Waals surface area contributed by atoms with Gasteiger partial charge >= 0.3 is 0 Å². The van der Waals surface area contributed by atoms with Crippen LogP contribution in [0.2, 0.25) is 0 Å². The number of hydrogen-bond donors (Lipinski definition) is 4. The van der Waals surface area contributed by atoms with E-state index in [1.807, 2.05) is 82.3 Å². The molecule has 10 heteroatoms. The number of nitrogens with one attached hydrogen (secondary N) is 3. The molecule has 1 aliphatic rings. The molecule has 0 radical (unpaired) electrons. The van der Waals surface area contributed by atoms with Crippen molar-refractivity contribution in [3.05, 3.63) is 78.4 Å². The summed E-state index contributed by atoms with van der Waals surface area (Å²) in [5.41, 5.74) is -1.54. The van der Waals surface area contributed by atoms with Crippen LogP contribution in [0.3, 0.4) is 0 Å². The molecule has 1 fully saturated rings.